The Hall–Kier alpha value is -1.79. The van der Waals surface area contributed by atoms with Gasteiger partial charge in [0.1, 0.15) is 10.0 Å². The highest BCUT2D eigenvalue weighted by atomic mass is 32.1. The van der Waals surface area contributed by atoms with E-state index < -0.39 is 0 Å². The molecule has 3 rings (SSSR count). The minimum Gasteiger partial charge on any atom is -0.351 e. The first-order valence-electron chi connectivity index (χ1n) is 8.03. The van der Waals surface area contributed by atoms with Crippen LogP contribution in [0, 0.1) is 6.92 Å². The zero-order chi connectivity index (χ0) is 16.1. The molecule has 1 aliphatic heterocycles. The number of nitrogens with one attached hydrogen (secondary N) is 1. The Morgan fingerprint density at radius 2 is 2.00 bits per heavy atom. The van der Waals surface area contributed by atoms with Crippen LogP contribution in [-0.2, 0) is 11.3 Å². The minimum atomic E-state index is 0.0964. The second-order valence-electron chi connectivity index (χ2n) is 5.97. The molecule has 6 heteroatoms. The van der Waals surface area contributed by atoms with Crippen molar-refractivity contribution in [1.29, 1.82) is 0 Å². The predicted molar refractivity (Wildman–Crippen MR) is 91.3 cm³/mol. The van der Waals surface area contributed by atoms with Gasteiger partial charge in [0.2, 0.25) is 5.91 Å². The van der Waals surface area contributed by atoms with Gasteiger partial charge >= 0.3 is 0 Å². The molecule has 122 valence electrons. The fourth-order valence-electron chi connectivity index (χ4n) is 2.87. The minimum absolute atomic E-state index is 0.0964. The first-order chi connectivity index (χ1) is 11.2. The summed E-state index contributed by atoms with van der Waals surface area (Å²) in [5, 5.41) is 13.5. The number of hydrogen-bond acceptors (Lipinski definition) is 5. The summed E-state index contributed by atoms with van der Waals surface area (Å²) in [4.78, 5) is 14.3. The van der Waals surface area contributed by atoms with E-state index in [1.165, 1.54) is 0 Å². The van der Waals surface area contributed by atoms with Gasteiger partial charge in [0.05, 0.1) is 6.54 Å². The third kappa shape index (κ3) is 4.59. The van der Waals surface area contributed by atoms with E-state index >= 15 is 0 Å². The maximum absolute atomic E-state index is 12.1. The standard InChI is InChI=1S/C17H22N4OS/c1-13-19-20-17(23-13)15-7-9-21(10-8-15)12-16(22)18-11-14-5-3-2-4-6-14/h2-6,15H,7-12H2,1H3,(H,18,22). The molecular weight excluding hydrogens is 308 g/mol. The SMILES string of the molecule is Cc1nnc(C2CCN(CC(=O)NCc3ccccc3)CC2)s1. The van der Waals surface area contributed by atoms with Gasteiger partial charge < -0.3 is 5.32 Å². The molecule has 1 N–H and O–H groups in total. The monoisotopic (exact) mass is 330 g/mol. The molecule has 1 aromatic carbocycles. The number of carbonyl (C=O) groups excluding carboxylic acids is 1. The van der Waals surface area contributed by atoms with Gasteiger partial charge in [-0.05, 0) is 38.4 Å². The van der Waals surface area contributed by atoms with Crippen molar-refractivity contribution < 1.29 is 4.79 Å². The number of carbonyl (C=O) groups is 1. The molecule has 1 saturated heterocycles. The van der Waals surface area contributed by atoms with Crippen molar-refractivity contribution in [3.05, 3.63) is 45.9 Å². The molecule has 0 aliphatic carbocycles. The first kappa shape index (κ1) is 16.1. The Bertz CT molecular complexity index is 635. The van der Waals surface area contributed by atoms with Crippen molar-refractivity contribution in [3.8, 4) is 0 Å². The third-order valence-electron chi connectivity index (χ3n) is 4.18. The van der Waals surface area contributed by atoms with E-state index in [0.717, 1.165) is 41.5 Å². The Kier molecular flexibility index (Phi) is 5.35. The van der Waals surface area contributed by atoms with E-state index in [-0.39, 0.29) is 5.91 Å². The Balaban J connectivity index is 1.41. The molecule has 0 spiro atoms. The van der Waals surface area contributed by atoms with E-state index in [0.29, 0.717) is 19.0 Å². The summed E-state index contributed by atoms with van der Waals surface area (Å²) in [5.41, 5.74) is 1.13. The van der Waals surface area contributed by atoms with Gasteiger partial charge in [-0.25, -0.2) is 0 Å². The van der Waals surface area contributed by atoms with Crippen LogP contribution in [0.15, 0.2) is 30.3 Å². The summed E-state index contributed by atoms with van der Waals surface area (Å²) in [5.74, 6) is 0.601. The lowest BCUT2D eigenvalue weighted by molar-refractivity contribution is -0.122. The third-order valence-corrected chi connectivity index (χ3v) is 5.18. The van der Waals surface area contributed by atoms with E-state index in [9.17, 15) is 4.79 Å². The fraction of sp³-hybridized carbons (Fsp3) is 0.471. The van der Waals surface area contributed by atoms with E-state index in [4.69, 9.17) is 0 Å². The smallest absolute Gasteiger partial charge is 0.234 e. The summed E-state index contributed by atoms with van der Waals surface area (Å²) in [6, 6.07) is 10.0. The van der Waals surface area contributed by atoms with Crippen LogP contribution in [0.1, 0.15) is 34.3 Å². The summed E-state index contributed by atoms with van der Waals surface area (Å²) in [6.07, 6.45) is 2.11. The van der Waals surface area contributed by atoms with Crippen molar-refractivity contribution in [2.24, 2.45) is 0 Å². The lowest BCUT2D eigenvalue weighted by atomic mass is 9.98. The topological polar surface area (TPSA) is 58.1 Å². The van der Waals surface area contributed by atoms with Gasteiger partial charge in [-0.2, -0.15) is 0 Å². The Morgan fingerprint density at radius 1 is 1.26 bits per heavy atom. The zero-order valence-corrected chi connectivity index (χ0v) is 14.2. The number of hydrogen-bond donors (Lipinski definition) is 1. The van der Waals surface area contributed by atoms with E-state index in [1.54, 1.807) is 11.3 Å². The normalized spacial score (nSPS) is 16.4. The molecule has 1 aromatic heterocycles. The van der Waals surface area contributed by atoms with Gasteiger partial charge in [-0.3, -0.25) is 9.69 Å². The average molecular weight is 330 g/mol. The Morgan fingerprint density at radius 3 is 2.65 bits per heavy atom. The van der Waals surface area contributed by atoms with Crippen LogP contribution in [0.25, 0.3) is 0 Å². The zero-order valence-electron chi connectivity index (χ0n) is 13.4. The number of aryl methyl sites for hydroxylation is 1. The maximum atomic E-state index is 12.1. The number of piperidine rings is 1. The first-order valence-corrected chi connectivity index (χ1v) is 8.85. The second-order valence-corrected chi connectivity index (χ2v) is 7.19. The fourth-order valence-corrected chi connectivity index (χ4v) is 3.74. The molecule has 0 bridgehead atoms. The number of benzene rings is 1. The van der Waals surface area contributed by atoms with Crippen LogP contribution in [0.2, 0.25) is 0 Å². The quantitative estimate of drug-likeness (QED) is 0.914. The number of aromatic nitrogens is 2. The van der Waals surface area contributed by atoms with E-state index in [2.05, 4.69) is 20.4 Å². The molecule has 23 heavy (non-hydrogen) atoms. The molecule has 1 fully saturated rings. The Labute approximate surface area is 140 Å². The summed E-state index contributed by atoms with van der Waals surface area (Å²) < 4.78 is 0. The summed E-state index contributed by atoms with van der Waals surface area (Å²) >= 11 is 1.70. The number of amides is 1. The molecule has 0 saturated carbocycles. The largest absolute Gasteiger partial charge is 0.351 e. The van der Waals surface area contributed by atoms with Crippen molar-refractivity contribution in [2.45, 2.75) is 32.2 Å². The molecule has 5 nitrogen and oxygen atoms in total. The van der Waals surface area contributed by atoms with Crippen molar-refractivity contribution in [1.82, 2.24) is 20.4 Å². The van der Waals surface area contributed by atoms with Crippen LogP contribution < -0.4 is 5.32 Å². The van der Waals surface area contributed by atoms with Crippen LogP contribution >= 0.6 is 11.3 Å². The molecular formula is C17H22N4OS. The number of rotatable bonds is 5. The van der Waals surface area contributed by atoms with Crippen molar-refractivity contribution >= 4 is 17.2 Å². The molecule has 2 aromatic rings. The maximum Gasteiger partial charge on any atom is 0.234 e. The van der Waals surface area contributed by atoms with Crippen molar-refractivity contribution in [3.63, 3.8) is 0 Å². The molecule has 1 aliphatic rings. The second kappa shape index (κ2) is 7.66. The number of likely N-dealkylation sites (tertiary alicyclic amines) is 1. The number of nitrogens with zero attached hydrogens (tertiary/aromatic N) is 3. The lowest BCUT2D eigenvalue weighted by Gasteiger charge is -2.30. The van der Waals surface area contributed by atoms with Gasteiger partial charge in [-0.15, -0.1) is 21.5 Å². The average Bonchev–Trinajstić information content (AvgIpc) is 3.01. The predicted octanol–water partition coefficient (Wildman–Crippen LogP) is 2.34. The highest BCUT2D eigenvalue weighted by molar-refractivity contribution is 7.11. The van der Waals surface area contributed by atoms with Gasteiger partial charge in [0.25, 0.3) is 0 Å². The van der Waals surface area contributed by atoms with Gasteiger partial charge in [0.15, 0.2) is 0 Å². The van der Waals surface area contributed by atoms with Gasteiger partial charge in [-0.1, -0.05) is 30.3 Å². The molecule has 1 amide bonds. The van der Waals surface area contributed by atoms with E-state index in [1.807, 2.05) is 37.3 Å². The van der Waals surface area contributed by atoms with Gasteiger partial charge in [0, 0.05) is 12.5 Å². The highest BCUT2D eigenvalue weighted by Gasteiger charge is 2.24. The summed E-state index contributed by atoms with van der Waals surface area (Å²) in [7, 11) is 0. The molecule has 0 radical (unpaired) electrons. The lowest BCUT2D eigenvalue weighted by Crippen LogP contribution is -2.41. The van der Waals surface area contributed by atoms with Crippen LogP contribution in [-0.4, -0.2) is 40.6 Å². The molecule has 0 unspecified atom stereocenters. The molecule has 2 heterocycles. The van der Waals surface area contributed by atoms with Crippen LogP contribution in [0.4, 0.5) is 0 Å². The van der Waals surface area contributed by atoms with Crippen LogP contribution in [0.3, 0.4) is 0 Å². The van der Waals surface area contributed by atoms with Crippen molar-refractivity contribution in [2.75, 3.05) is 19.6 Å². The summed E-state index contributed by atoms with van der Waals surface area (Å²) in [6.45, 7) is 4.96. The van der Waals surface area contributed by atoms with Crippen LogP contribution in [0.5, 0.6) is 0 Å². The molecule has 0 atom stereocenters. The highest BCUT2D eigenvalue weighted by Crippen LogP contribution is 2.29.